The van der Waals surface area contributed by atoms with E-state index in [1.807, 2.05) is 29.2 Å². The number of thiazole rings is 1. The Kier molecular flexibility index (Phi) is 7.14. The van der Waals surface area contributed by atoms with Gasteiger partial charge in [-0.05, 0) is 36.6 Å². The predicted molar refractivity (Wildman–Crippen MR) is 84.5 cm³/mol. The van der Waals surface area contributed by atoms with Gasteiger partial charge in [0.25, 0.3) is 5.01 Å². The number of fused-ring (bicyclic) bond motifs is 1. The van der Waals surface area contributed by atoms with Crippen LogP contribution >= 0.6 is 34.7 Å². The monoisotopic (exact) mass is 425 g/mol. The number of nitrogens with zero attached hydrogens (tertiary/aromatic N) is 1. The maximum atomic E-state index is 6.09. The summed E-state index contributed by atoms with van der Waals surface area (Å²) in [6, 6.07) is 6.12. The molecular weight excluding hydrogens is 409 g/mol. The first-order valence-electron chi connectivity index (χ1n) is 6.06. The molecule has 19 heavy (non-hydrogen) atoms. The van der Waals surface area contributed by atoms with Crippen molar-refractivity contribution in [2.75, 3.05) is 6.26 Å². The lowest BCUT2D eigenvalue weighted by atomic mass is 10.3. The summed E-state index contributed by atoms with van der Waals surface area (Å²) < 4.78 is 3.63. The summed E-state index contributed by atoms with van der Waals surface area (Å²) in [5, 5.41) is 2.11. The first-order valence-corrected chi connectivity index (χ1v) is 8.48. The summed E-state index contributed by atoms with van der Waals surface area (Å²) in [6.45, 7) is 5.34. The highest BCUT2D eigenvalue weighted by Gasteiger charge is 2.17. The van der Waals surface area contributed by atoms with E-state index >= 15 is 0 Å². The van der Waals surface area contributed by atoms with E-state index in [9.17, 15) is 0 Å². The SMILES string of the molecule is CC/C(=C\c1sc2ccc(Cl)cc2[n+]1CC)SC.[I-]. The Morgan fingerprint density at radius 3 is 2.74 bits per heavy atom. The van der Waals surface area contributed by atoms with E-state index in [1.165, 1.54) is 20.1 Å². The van der Waals surface area contributed by atoms with Gasteiger partial charge in [-0.1, -0.05) is 29.9 Å². The number of aryl methyl sites for hydroxylation is 1. The number of aromatic nitrogens is 1. The summed E-state index contributed by atoms with van der Waals surface area (Å²) in [4.78, 5) is 1.41. The second-order valence-electron chi connectivity index (χ2n) is 3.96. The summed E-state index contributed by atoms with van der Waals surface area (Å²) in [7, 11) is 0. The molecule has 2 rings (SSSR count). The van der Waals surface area contributed by atoms with Crippen LogP contribution in [0.2, 0.25) is 5.02 Å². The minimum Gasteiger partial charge on any atom is -1.00 e. The number of hydrogen-bond acceptors (Lipinski definition) is 2. The maximum Gasteiger partial charge on any atom is 0.263 e. The highest BCUT2D eigenvalue weighted by atomic mass is 127. The van der Waals surface area contributed by atoms with Crippen LogP contribution in [0.5, 0.6) is 0 Å². The van der Waals surface area contributed by atoms with Crippen molar-refractivity contribution in [1.29, 1.82) is 0 Å². The largest absolute Gasteiger partial charge is 1.00 e. The van der Waals surface area contributed by atoms with Gasteiger partial charge >= 0.3 is 0 Å². The Bertz CT molecular complexity index is 586. The zero-order valence-electron chi connectivity index (χ0n) is 11.2. The van der Waals surface area contributed by atoms with Crippen LogP contribution in [0, 0.1) is 0 Å². The number of thioether (sulfide) groups is 1. The van der Waals surface area contributed by atoms with E-state index < -0.39 is 0 Å². The molecule has 0 amide bonds. The van der Waals surface area contributed by atoms with Gasteiger partial charge in [0.05, 0.1) is 0 Å². The van der Waals surface area contributed by atoms with Crippen LogP contribution < -0.4 is 28.5 Å². The highest BCUT2D eigenvalue weighted by molar-refractivity contribution is 8.02. The topological polar surface area (TPSA) is 3.88 Å². The van der Waals surface area contributed by atoms with Crippen LogP contribution in [0.3, 0.4) is 0 Å². The van der Waals surface area contributed by atoms with Crippen LogP contribution in [-0.2, 0) is 6.54 Å². The quantitative estimate of drug-likeness (QED) is 0.535. The molecule has 1 heterocycles. The van der Waals surface area contributed by atoms with E-state index in [1.54, 1.807) is 0 Å². The minimum absolute atomic E-state index is 0. The number of halogens is 2. The van der Waals surface area contributed by atoms with Crippen molar-refractivity contribution in [3.63, 3.8) is 0 Å². The number of benzene rings is 1. The summed E-state index contributed by atoms with van der Waals surface area (Å²) in [6.07, 6.45) is 5.52. The van der Waals surface area contributed by atoms with E-state index in [0.29, 0.717) is 0 Å². The van der Waals surface area contributed by atoms with Crippen LogP contribution in [0.25, 0.3) is 16.3 Å². The van der Waals surface area contributed by atoms with Crippen molar-refractivity contribution in [2.24, 2.45) is 0 Å². The third-order valence-corrected chi connectivity index (χ3v) is 5.18. The fourth-order valence-electron chi connectivity index (χ4n) is 1.95. The Morgan fingerprint density at radius 1 is 1.42 bits per heavy atom. The van der Waals surface area contributed by atoms with Crippen molar-refractivity contribution in [1.82, 2.24) is 0 Å². The zero-order valence-corrected chi connectivity index (χ0v) is 15.8. The standard InChI is InChI=1S/C14H17ClNS2.HI/c1-4-11(17-3)9-14-16(5-2)12-8-10(15)6-7-13(12)18-14;/h6-9H,4-5H2,1-3H3;1H/q+1;/p-1/b11-9+;. The van der Waals surface area contributed by atoms with E-state index in [4.69, 9.17) is 11.6 Å². The molecule has 0 aliphatic rings. The Balaban J connectivity index is 0.00000180. The molecule has 1 aromatic carbocycles. The second-order valence-corrected chi connectivity index (χ2v) is 6.40. The van der Waals surface area contributed by atoms with E-state index in [0.717, 1.165) is 18.0 Å². The molecule has 0 radical (unpaired) electrons. The molecule has 0 unspecified atom stereocenters. The lowest BCUT2D eigenvalue weighted by molar-refractivity contribution is -0.665. The second kappa shape index (κ2) is 7.86. The Labute approximate surface area is 145 Å². The first-order chi connectivity index (χ1) is 8.69. The van der Waals surface area contributed by atoms with Gasteiger partial charge in [-0.15, -0.1) is 11.8 Å². The molecule has 0 fully saturated rings. The molecule has 1 nitrogen and oxygen atoms in total. The normalized spacial score (nSPS) is 11.7. The van der Waals surface area contributed by atoms with Crippen molar-refractivity contribution in [3.8, 4) is 0 Å². The minimum atomic E-state index is 0. The van der Waals surface area contributed by atoms with Gasteiger partial charge in [-0.25, -0.2) is 0 Å². The molecule has 0 saturated carbocycles. The van der Waals surface area contributed by atoms with E-state index in [2.05, 4.69) is 42.9 Å². The number of hydrogen-bond donors (Lipinski definition) is 0. The van der Waals surface area contributed by atoms with Gasteiger partial charge in [-0.2, -0.15) is 4.57 Å². The average Bonchev–Trinajstić information content (AvgIpc) is 2.72. The molecule has 2 aromatic rings. The zero-order chi connectivity index (χ0) is 13.1. The van der Waals surface area contributed by atoms with Gasteiger partial charge in [0.15, 0.2) is 0 Å². The van der Waals surface area contributed by atoms with Gasteiger partial charge in [-0.3, -0.25) is 0 Å². The lowest BCUT2D eigenvalue weighted by Gasteiger charge is -1.97. The highest BCUT2D eigenvalue weighted by Crippen LogP contribution is 2.27. The van der Waals surface area contributed by atoms with Crippen LogP contribution in [-0.4, -0.2) is 6.26 Å². The Hall–Kier alpha value is 0.220. The predicted octanol–water partition coefficient (Wildman–Crippen LogP) is 1.98. The summed E-state index contributed by atoms with van der Waals surface area (Å²) in [5.41, 5.74) is 1.23. The van der Waals surface area contributed by atoms with E-state index in [-0.39, 0.29) is 24.0 Å². The molecule has 0 N–H and O–H groups in total. The smallest absolute Gasteiger partial charge is 0.263 e. The molecule has 0 spiro atoms. The molecule has 0 bridgehead atoms. The van der Waals surface area contributed by atoms with Crippen molar-refractivity contribution >= 4 is 51.0 Å². The van der Waals surface area contributed by atoms with Crippen LogP contribution in [0.4, 0.5) is 0 Å². The molecule has 0 aliphatic carbocycles. The maximum absolute atomic E-state index is 6.09. The third-order valence-electron chi connectivity index (χ3n) is 2.90. The van der Waals surface area contributed by atoms with Crippen LogP contribution in [0.15, 0.2) is 23.1 Å². The number of rotatable bonds is 4. The fraction of sp³-hybridized carbons (Fsp3) is 0.357. The van der Waals surface area contributed by atoms with Crippen molar-refractivity contribution < 1.29 is 28.5 Å². The average molecular weight is 426 g/mol. The molecule has 5 heteroatoms. The lowest BCUT2D eigenvalue weighted by Crippen LogP contribution is -3.00. The summed E-state index contributed by atoms with van der Waals surface area (Å²) >= 11 is 9.75. The summed E-state index contributed by atoms with van der Waals surface area (Å²) in [5.74, 6) is 0. The number of allylic oxidation sites excluding steroid dienone is 1. The van der Waals surface area contributed by atoms with Crippen LogP contribution in [0.1, 0.15) is 25.3 Å². The van der Waals surface area contributed by atoms with Gasteiger partial charge in [0, 0.05) is 17.2 Å². The Morgan fingerprint density at radius 2 is 2.16 bits per heavy atom. The molecule has 0 aliphatic heterocycles. The molecule has 0 saturated heterocycles. The van der Waals surface area contributed by atoms with Gasteiger partial charge in [0.2, 0.25) is 5.52 Å². The molecule has 104 valence electrons. The van der Waals surface area contributed by atoms with Crippen molar-refractivity contribution in [3.05, 3.63) is 33.1 Å². The van der Waals surface area contributed by atoms with Gasteiger partial charge in [0.1, 0.15) is 11.2 Å². The molecule has 1 aromatic heterocycles. The third kappa shape index (κ3) is 3.86. The first kappa shape index (κ1) is 17.3. The van der Waals surface area contributed by atoms with Crippen molar-refractivity contribution in [2.45, 2.75) is 26.8 Å². The molecule has 0 atom stereocenters. The van der Waals surface area contributed by atoms with Gasteiger partial charge < -0.3 is 24.0 Å². The molecular formula is C14H17ClINS2. The fourth-order valence-corrected chi connectivity index (χ4v) is 3.88.